The van der Waals surface area contributed by atoms with Crippen LogP contribution in [0.2, 0.25) is 0 Å². The average molecular weight is 567 g/mol. The van der Waals surface area contributed by atoms with Gasteiger partial charge < -0.3 is 19.9 Å². The van der Waals surface area contributed by atoms with Crippen molar-refractivity contribution in [2.24, 2.45) is 7.05 Å². The van der Waals surface area contributed by atoms with E-state index in [1.807, 2.05) is 6.92 Å². The van der Waals surface area contributed by atoms with E-state index in [0.29, 0.717) is 34.8 Å². The van der Waals surface area contributed by atoms with Gasteiger partial charge >= 0.3 is 6.18 Å². The minimum atomic E-state index is -4.56. The van der Waals surface area contributed by atoms with Crippen LogP contribution in [0.4, 0.5) is 24.8 Å². The number of pyridine rings is 1. The summed E-state index contributed by atoms with van der Waals surface area (Å²) in [5, 5.41) is 6.40. The van der Waals surface area contributed by atoms with E-state index >= 15 is 0 Å². The molecule has 0 radical (unpaired) electrons. The lowest BCUT2D eigenvalue weighted by atomic mass is 10.0. The Morgan fingerprint density at radius 3 is 2.63 bits per heavy atom. The Morgan fingerprint density at radius 2 is 1.88 bits per heavy atom. The molecular formula is C29H29F3N6O3. The fourth-order valence-corrected chi connectivity index (χ4v) is 4.69. The molecule has 0 atom stereocenters. The number of ether oxygens (including phenoxy) is 1. The van der Waals surface area contributed by atoms with Gasteiger partial charge in [-0.05, 0) is 48.9 Å². The van der Waals surface area contributed by atoms with Crippen molar-refractivity contribution in [3.8, 4) is 11.3 Å². The molecule has 1 saturated heterocycles. The van der Waals surface area contributed by atoms with Gasteiger partial charge in [-0.1, -0.05) is 12.1 Å². The van der Waals surface area contributed by atoms with Crippen LogP contribution in [0.5, 0.6) is 0 Å². The van der Waals surface area contributed by atoms with Crippen molar-refractivity contribution in [1.82, 2.24) is 19.4 Å². The van der Waals surface area contributed by atoms with E-state index in [1.165, 1.54) is 16.7 Å². The Kier molecular flexibility index (Phi) is 8.04. The minimum Gasteiger partial charge on any atom is -0.379 e. The molecule has 0 bridgehead atoms. The predicted molar refractivity (Wildman–Crippen MR) is 150 cm³/mol. The topological polar surface area (TPSA) is 101 Å². The molecule has 0 spiro atoms. The molecule has 0 unspecified atom stereocenters. The second-order valence-electron chi connectivity index (χ2n) is 9.83. The Morgan fingerprint density at radius 1 is 1.10 bits per heavy atom. The summed E-state index contributed by atoms with van der Waals surface area (Å²) < 4.78 is 46.1. The van der Waals surface area contributed by atoms with Gasteiger partial charge in [-0.15, -0.1) is 0 Å². The molecule has 1 amide bonds. The third kappa shape index (κ3) is 6.39. The minimum absolute atomic E-state index is 0.119. The summed E-state index contributed by atoms with van der Waals surface area (Å²) >= 11 is 0. The summed E-state index contributed by atoms with van der Waals surface area (Å²) in [5.41, 5.74) is 1.38. The van der Waals surface area contributed by atoms with Gasteiger partial charge in [0.25, 0.3) is 11.5 Å². The third-order valence-corrected chi connectivity index (χ3v) is 7.02. The van der Waals surface area contributed by atoms with Gasteiger partial charge in [-0.25, -0.2) is 9.97 Å². The number of carbonyl (C=O) groups excluding carboxylic acids is 1. The van der Waals surface area contributed by atoms with Crippen molar-refractivity contribution in [3.05, 3.63) is 81.8 Å². The van der Waals surface area contributed by atoms with Gasteiger partial charge in [0.15, 0.2) is 0 Å². The van der Waals surface area contributed by atoms with E-state index in [4.69, 9.17) is 4.74 Å². The molecule has 214 valence electrons. The first-order valence-electron chi connectivity index (χ1n) is 13.1. The zero-order valence-electron chi connectivity index (χ0n) is 22.6. The highest BCUT2D eigenvalue weighted by atomic mass is 19.4. The van der Waals surface area contributed by atoms with Gasteiger partial charge in [0.2, 0.25) is 5.95 Å². The Balaban J connectivity index is 1.38. The van der Waals surface area contributed by atoms with Gasteiger partial charge in [0.05, 0.1) is 24.5 Å². The number of hydrogen-bond donors (Lipinski definition) is 2. The van der Waals surface area contributed by atoms with Crippen LogP contribution in [0.3, 0.4) is 0 Å². The number of rotatable bonds is 7. The van der Waals surface area contributed by atoms with E-state index in [1.54, 1.807) is 37.5 Å². The zero-order chi connectivity index (χ0) is 29.1. The number of aromatic nitrogens is 3. The molecule has 1 fully saturated rings. The van der Waals surface area contributed by atoms with E-state index in [0.717, 1.165) is 50.5 Å². The molecule has 2 aromatic heterocycles. The number of amides is 1. The van der Waals surface area contributed by atoms with Crippen molar-refractivity contribution >= 4 is 28.4 Å². The standard InChI is InChI=1S/C29H29F3N6O3/c1-18-6-7-22(35-26(39)19-4-3-5-21(14-19)29(30,31)32)16-23(18)24-15-20-17-34-28(36-25(20)27(40)37(24)2)33-8-9-38-10-12-41-13-11-38/h3-7,14-17H,8-13H2,1-2H3,(H,35,39)(H,33,34,36). The molecule has 2 N–H and O–H groups in total. The van der Waals surface area contributed by atoms with Crippen LogP contribution in [0.25, 0.3) is 22.2 Å². The van der Waals surface area contributed by atoms with E-state index in [2.05, 4.69) is 25.5 Å². The van der Waals surface area contributed by atoms with Crippen molar-refractivity contribution in [1.29, 1.82) is 0 Å². The summed E-state index contributed by atoms with van der Waals surface area (Å²) in [4.78, 5) is 37.2. The molecule has 41 heavy (non-hydrogen) atoms. The number of anilines is 2. The maximum atomic E-state index is 13.3. The lowest BCUT2D eigenvalue weighted by Gasteiger charge is -2.26. The van der Waals surface area contributed by atoms with Crippen LogP contribution in [0.15, 0.2) is 59.5 Å². The fraction of sp³-hybridized carbons (Fsp3) is 0.310. The fourth-order valence-electron chi connectivity index (χ4n) is 4.69. The predicted octanol–water partition coefficient (Wildman–Crippen LogP) is 4.32. The lowest BCUT2D eigenvalue weighted by Crippen LogP contribution is -2.39. The smallest absolute Gasteiger partial charge is 0.379 e. The molecule has 0 saturated carbocycles. The number of morpholine rings is 1. The Hall–Kier alpha value is -4.29. The Bertz CT molecular complexity index is 1650. The normalized spacial score (nSPS) is 14.3. The first-order valence-corrected chi connectivity index (χ1v) is 13.1. The molecule has 3 heterocycles. The number of halogens is 3. The Labute approximate surface area is 234 Å². The molecular weight excluding hydrogens is 537 g/mol. The maximum Gasteiger partial charge on any atom is 0.416 e. The summed E-state index contributed by atoms with van der Waals surface area (Å²) in [7, 11) is 1.64. The van der Waals surface area contributed by atoms with E-state index in [-0.39, 0.29) is 16.6 Å². The number of aryl methyl sites for hydroxylation is 1. The van der Waals surface area contributed by atoms with Crippen molar-refractivity contribution in [2.75, 3.05) is 50.0 Å². The van der Waals surface area contributed by atoms with Crippen LogP contribution >= 0.6 is 0 Å². The maximum absolute atomic E-state index is 13.3. The molecule has 0 aliphatic carbocycles. The quantitative estimate of drug-likeness (QED) is 0.344. The summed E-state index contributed by atoms with van der Waals surface area (Å²) in [6, 6.07) is 11.1. The van der Waals surface area contributed by atoms with Gasteiger partial charge in [-0.2, -0.15) is 13.2 Å². The van der Waals surface area contributed by atoms with E-state index in [9.17, 15) is 22.8 Å². The number of nitrogens with zero attached hydrogens (tertiary/aromatic N) is 4. The lowest BCUT2D eigenvalue weighted by molar-refractivity contribution is -0.137. The van der Waals surface area contributed by atoms with Crippen molar-refractivity contribution < 1.29 is 22.7 Å². The van der Waals surface area contributed by atoms with Gasteiger partial charge in [0.1, 0.15) is 5.52 Å². The van der Waals surface area contributed by atoms with Crippen LogP contribution in [-0.4, -0.2) is 64.7 Å². The van der Waals surface area contributed by atoms with Crippen LogP contribution in [0, 0.1) is 6.92 Å². The number of benzene rings is 2. The average Bonchev–Trinajstić information content (AvgIpc) is 2.96. The highest BCUT2D eigenvalue weighted by Crippen LogP contribution is 2.30. The molecule has 4 aromatic rings. The van der Waals surface area contributed by atoms with Crippen molar-refractivity contribution in [3.63, 3.8) is 0 Å². The summed E-state index contributed by atoms with van der Waals surface area (Å²) in [6.45, 7) is 6.48. The monoisotopic (exact) mass is 566 g/mol. The third-order valence-electron chi connectivity index (χ3n) is 7.02. The molecule has 2 aromatic carbocycles. The molecule has 12 heteroatoms. The van der Waals surface area contributed by atoms with E-state index < -0.39 is 17.6 Å². The van der Waals surface area contributed by atoms with Crippen LogP contribution < -0.4 is 16.2 Å². The largest absolute Gasteiger partial charge is 0.416 e. The molecule has 1 aliphatic rings. The number of fused-ring (bicyclic) bond motifs is 1. The number of hydrogen-bond acceptors (Lipinski definition) is 7. The number of alkyl halides is 3. The van der Waals surface area contributed by atoms with Crippen molar-refractivity contribution in [2.45, 2.75) is 13.1 Å². The first kappa shape index (κ1) is 28.2. The van der Waals surface area contributed by atoms with Crippen LogP contribution in [-0.2, 0) is 18.0 Å². The zero-order valence-corrected chi connectivity index (χ0v) is 22.6. The second-order valence-corrected chi connectivity index (χ2v) is 9.83. The summed E-state index contributed by atoms with van der Waals surface area (Å²) in [6.07, 6.45) is -2.96. The summed E-state index contributed by atoms with van der Waals surface area (Å²) in [5.74, 6) is -0.313. The number of nitrogens with one attached hydrogen (secondary N) is 2. The number of carbonyl (C=O) groups is 1. The molecule has 1 aliphatic heterocycles. The SMILES string of the molecule is Cc1ccc(NC(=O)c2cccc(C(F)(F)F)c2)cc1-c1cc2cnc(NCCN3CCOCC3)nc2c(=O)n1C. The van der Waals surface area contributed by atoms with Gasteiger partial charge in [-0.3, -0.25) is 14.5 Å². The van der Waals surface area contributed by atoms with Crippen LogP contribution in [0.1, 0.15) is 21.5 Å². The first-order chi connectivity index (χ1) is 19.6. The highest BCUT2D eigenvalue weighted by Gasteiger charge is 2.31. The van der Waals surface area contributed by atoms with Gasteiger partial charge in [0, 0.05) is 61.6 Å². The molecule has 5 rings (SSSR count). The molecule has 9 nitrogen and oxygen atoms in total. The highest BCUT2D eigenvalue weighted by molar-refractivity contribution is 6.04. The second kappa shape index (κ2) is 11.7.